The predicted octanol–water partition coefficient (Wildman–Crippen LogP) is 4.48. The number of carbonyl (C=O) groups excluding carboxylic acids is 1. The Labute approximate surface area is 172 Å². The highest BCUT2D eigenvalue weighted by Crippen LogP contribution is 2.26. The summed E-state index contributed by atoms with van der Waals surface area (Å²) in [6.07, 6.45) is 3.37. The van der Waals surface area contributed by atoms with Crippen molar-refractivity contribution in [2.24, 2.45) is 0 Å². The monoisotopic (exact) mass is 398 g/mol. The van der Waals surface area contributed by atoms with Gasteiger partial charge in [0.2, 0.25) is 0 Å². The number of hydrogen-bond donors (Lipinski definition) is 0. The van der Waals surface area contributed by atoms with E-state index in [2.05, 4.69) is 9.97 Å². The highest BCUT2D eigenvalue weighted by Gasteiger charge is 2.18. The average Bonchev–Trinajstić information content (AvgIpc) is 2.78. The Bertz CT molecular complexity index is 1240. The number of non-ortho nitro benzene ring substituents is 1. The Morgan fingerprint density at radius 2 is 1.80 bits per heavy atom. The molecule has 4 rings (SSSR count). The fourth-order valence-electron chi connectivity index (χ4n) is 3.34. The van der Waals surface area contributed by atoms with Crippen LogP contribution in [0.2, 0.25) is 0 Å². The molecule has 0 bridgehead atoms. The maximum atomic E-state index is 13.3. The standard InChI is InChI=1S/C23H18N4O3/c1-26(15-16-5-4-6-18(13-16)27(29)30)23(28)20-14-22(17-9-11-24-12-10-17)25-21-8-3-2-7-19(20)21/h2-14H,15H2,1H3. The number of benzene rings is 2. The van der Waals surface area contributed by atoms with Gasteiger partial charge in [-0.3, -0.25) is 19.9 Å². The molecule has 2 aromatic carbocycles. The zero-order valence-corrected chi connectivity index (χ0v) is 16.2. The first-order chi connectivity index (χ1) is 14.5. The molecule has 7 nitrogen and oxygen atoms in total. The van der Waals surface area contributed by atoms with E-state index in [1.54, 1.807) is 42.5 Å². The molecule has 0 aliphatic heterocycles. The van der Waals surface area contributed by atoms with Crippen LogP contribution in [-0.2, 0) is 6.54 Å². The first-order valence-corrected chi connectivity index (χ1v) is 9.32. The minimum Gasteiger partial charge on any atom is -0.337 e. The average molecular weight is 398 g/mol. The van der Waals surface area contributed by atoms with Crippen molar-refractivity contribution in [2.75, 3.05) is 7.05 Å². The van der Waals surface area contributed by atoms with E-state index in [4.69, 9.17) is 0 Å². The van der Waals surface area contributed by atoms with Crippen molar-refractivity contribution in [1.29, 1.82) is 0 Å². The second-order valence-electron chi connectivity index (χ2n) is 6.90. The van der Waals surface area contributed by atoms with Crippen molar-refractivity contribution in [3.8, 4) is 11.3 Å². The van der Waals surface area contributed by atoms with E-state index < -0.39 is 4.92 Å². The van der Waals surface area contributed by atoms with E-state index >= 15 is 0 Å². The van der Waals surface area contributed by atoms with Crippen LogP contribution in [0.3, 0.4) is 0 Å². The molecule has 0 radical (unpaired) electrons. The Hall–Kier alpha value is -4.13. The molecule has 1 amide bonds. The molecule has 0 aliphatic rings. The van der Waals surface area contributed by atoms with Crippen LogP contribution in [0.5, 0.6) is 0 Å². The van der Waals surface area contributed by atoms with Crippen LogP contribution in [0.4, 0.5) is 5.69 Å². The van der Waals surface area contributed by atoms with Gasteiger partial charge < -0.3 is 4.90 Å². The summed E-state index contributed by atoms with van der Waals surface area (Å²) in [6.45, 7) is 0.252. The minimum atomic E-state index is -0.442. The number of rotatable bonds is 5. The molecular weight excluding hydrogens is 380 g/mol. The van der Waals surface area contributed by atoms with E-state index in [1.165, 1.54) is 12.1 Å². The second-order valence-corrected chi connectivity index (χ2v) is 6.90. The van der Waals surface area contributed by atoms with Gasteiger partial charge in [-0.05, 0) is 29.8 Å². The van der Waals surface area contributed by atoms with Crippen LogP contribution in [0.1, 0.15) is 15.9 Å². The van der Waals surface area contributed by atoms with Gasteiger partial charge in [0, 0.05) is 49.1 Å². The third-order valence-corrected chi connectivity index (χ3v) is 4.81. The predicted molar refractivity (Wildman–Crippen MR) is 114 cm³/mol. The summed E-state index contributed by atoms with van der Waals surface area (Å²) >= 11 is 0. The van der Waals surface area contributed by atoms with Gasteiger partial charge in [0.25, 0.3) is 11.6 Å². The molecule has 2 heterocycles. The van der Waals surface area contributed by atoms with Gasteiger partial charge in [-0.2, -0.15) is 0 Å². The lowest BCUT2D eigenvalue weighted by Gasteiger charge is -2.19. The summed E-state index contributed by atoms with van der Waals surface area (Å²) < 4.78 is 0. The number of aromatic nitrogens is 2. The number of nitro benzene ring substituents is 1. The van der Waals surface area contributed by atoms with Gasteiger partial charge in [0.15, 0.2) is 0 Å². The summed E-state index contributed by atoms with van der Waals surface area (Å²) in [7, 11) is 1.68. The van der Waals surface area contributed by atoms with Crippen LogP contribution < -0.4 is 0 Å². The summed E-state index contributed by atoms with van der Waals surface area (Å²) in [4.78, 5) is 34.2. The Morgan fingerprint density at radius 3 is 2.57 bits per heavy atom. The lowest BCUT2D eigenvalue weighted by Crippen LogP contribution is -2.26. The SMILES string of the molecule is CN(Cc1cccc([N+](=O)[O-])c1)C(=O)c1cc(-c2ccncc2)nc2ccccc12. The molecule has 7 heteroatoms. The van der Waals surface area contributed by atoms with Gasteiger partial charge in [0.05, 0.1) is 21.7 Å². The van der Waals surface area contributed by atoms with Gasteiger partial charge in [-0.1, -0.05) is 30.3 Å². The van der Waals surface area contributed by atoms with Gasteiger partial charge >= 0.3 is 0 Å². The maximum absolute atomic E-state index is 13.3. The minimum absolute atomic E-state index is 0.00248. The second kappa shape index (κ2) is 8.08. The van der Waals surface area contributed by atoms with Crippen LogP contribution in [0, 0.1) is 10.1 Å². The molecule has 0 fully saturated rings. The third-order valence-electron chi connectivity index (χ3n) is 4.81. The Morgan fingerprint density at radius 1 is 1.03 bits per heavy atom. The number of pyridine rings is 2. The normalized spacial score (nSPS) is 10.7. The lowest BCUT2D eigenvalue weighted by molar-refractivity contribution is -0.384. The number of amides is 1. The molecule has 0 unspecified atom stereocenters. The van der Waals surface area contributed by atoms with Crippen LogP contribution in [-0.4, -0.2) is 32.7 Å². The first-order valence-electron chi connectivity index (χ1n) is 9.32. The number of nitrogens with zero attached hydrogens (tertiary/aromatic N) is 4. The van der Waals surface area contributed by atoms with Crippen molar-refractivity contribution in [3.05, 3.63) is 100 Å². The lowest BCUT2D eigenvalue weighted by atomic mass is 10.0. The van der Waals surface area contributed by atoms with Crippen LogP contribution in [0.25, 0.3) is 22.2 Å². The first kappa shape index (κ1) is 19.2. The van der Waals surface area contributed by atoms with E-state index in [0.717, 1.165) is 16.5 Å². The highest BCUT2D eigenvalue weighted by atomic mass is 16.6. The topological polar surface area (TPSA) is 89.2 Å². The van der Waals surface area contributed by atoms with Crippen molar-refractivity contribution in [2.45, 2.75) is 6.54 Å². The largest absolute Gasteiger partial charge is 0.337 e. The highest BCUT2D eigenvalue weighted by molar-refractivity contribution is 6.07. The fraction of sp³-hybridized carbons (Fsp3) is 0.0870. The van der Waals surface area contributed by atoms with Crippen molar-refractivity contribution in [3.63, 3.8) is 0 Å². The molecule has 0 saturated heterocycles. The number of fused-ring (bicyclic) bond motifs is 1. The quantitative estimate of drug-likeness (QED) is 0.365. The zero-order chi connectivity index (χ0) is 21.1. The molecular formula is C23H18N4O3. The molecule has 0 spiro atoms. The molecule has 30 heavy (non-hydrogen) atoms. The number of nitro groups is 1. The van der Waals surface area contributed by atoms with Crippen LogP contribution in [0.15, 0.2) is 79.1 Å². The van der Waals surface area contributed by atoms with E-state index in [-0.39, 0.29) is 18.1 Å². The van der Waals surface area contributed by atoms with Crippen LogP contribution >= 0.6 is 0 Å². The molecule has 4 aromatic rings. The molecule has 0 saturated carbocycles. The molecule has 0 atom stereocenters. The van der Waals surface area contributed by atoms with E-state index in [1.807, 2.05) is 36.4 Å². The molecule has 2 aromatic heterocycles. The molecule has 148 valence electrons. The number of para-hydroxylation sites is 1. The number of hydrogen-bond acceptors (Lipinski definition) is 5. The molecule has 0 N–H and O–H groups in total. The van der Waals surface area contributed by atoms with E-state index in [0.29, 0.717) is 16.8 Å². The Kier molecular flexibility index (Phi) is 5.17. The van der Waals surface area contributed by atoms with E-state index in [9.17, 15) is 14.9 Å². The van der Waals surface area contributed by atoms with Gasteiger partial charge in [0.1, 0.15) is 0 Å². The summed E-state index contributed by atoms with van der Waals surface area (Å²) in [6, 6.07) is 19.3. The smallest absolute Gasteiger partial charge is 0.269 e. The summed E-state index contributed by atoms with van der Waals surface area (Å²) in [5, 5.41) is 11.8. The number of carbonyl (C=O) groups is 1. The fourth-order valence-corrected chi connectivity index (χ4v) is 3.34. The van der Waals surface area contributed by atoms with Crippen molar-refractivity contribution >= 4 is 22.5 Å². The summed E-state index contributed by atoms with van der Waals surface area (Å²) in [5.74, 6) is -0.185. The summed E-state index contributed by atoms with van der Waals surface area (Å²) in [5.41, 5.74) is 3.49. The van der Waals surface area contributed by atoms with Crippen molar-refractivity contribution < 1.29 is 9.72 Å². The van der Waals surface area contributed by atoms with Crippen molar-refractivity contribution in [1.82, 2.24) is 14.9 Å². The zero-order valence-electron chi connectivity index (χ0n) is 16.2. The third kappa shape index (κ3) is 3.86. The van der Waals surface area contributed by atoms with Gasteiger partial charge in [-0.25, -0.2) is 4.98 Å². The van der Waals surface area contributed by atoms with Gasteiger partial charge in [-0.15, -0.1) is 0 Å². The Balaban J connectivity index is 1.71. The maximum Gasteiger partial charge on any atom is 0.269 e. The molecule has 0 aliphatic carbocycles.